The number of rotatable bonds is 0. The molecule has 0 saturated heterocycles. The Bertz CT molecular complexity index is 310. The van der Waals surface area contributed by atoms with Gasteiger partial charge in [0, 0.05) is 0 Å². The van der Waals surface area contributed by atoms with Crippen LogP contribution >= 0.6 is 0 Å². The maximum atomic E-state index is 12.3. The molecule has 62 valence electrons. The molecule has 12 heavy (non-hydrogen) atoms. The highest BCUT2D eigenvalue weighted by atomic mass is 19.1. The van der Waals surface area contributed by atoms with Gasteiger partial charge in [0.05, 0.1) is 12.4 Å². The van der Waals surface area contributed by atoms with Gasteiger partial charge < -0.3 is 5.11 Å². The third-order valence-electron chi connectivity index (χ3n) is 1.01. The molecular weight excluding hydrogens is 159 g/mol. The number of aliphatic hydroxyl groups excluding tert-OH is 1. The summed E-state index contributed by atoms with van der Waals surface area (Å²) in [5.74, 6) is 4.63. The lowest BCUT2D eigenvalue weighted by atomic mass is 10.4. The van der Waals surface area contributed by atoms with Gasteiger partial charge in [-0.3, -0.25) is 0 Å². The van der Waals surface area contributed by atoms with Crippen molar-refractivity contribution < 1.29 is 9.50 Å². The van der Waals surface area contributed by atoms with Gasteiger partial charge in [0.25, 0.3) is 0 Å². The minimum absolute atomic E-state index is 0.206. The monoisotopic (exact) mass is 166 g/mol. The van der Waals surface area contributed by atoms with Gasteiger partial charge in [0.2, 0.25) is 5.82 Å². The van der Waals surface area contributed by atoms with Gasteiger partial charge in [0.1, 0.15) is 6.10 Å². The van der Waals surface area contributed by atoms with Gasteiger partial charge in [-0.15, -0.1) is 0 Å². The second kappa shape index (κ2) is 3.79. The van der Waals surface area contributed by atoms with Crippen LogP contribution in [0.3, 0.4) is 0 Å². The fourth-order valence-electron chi connectivity index (χ4n) is 0.546. The lowest BCUT2D eigenvalue weighted by Crippen LogP contribution is -1.95. The molecule has 0 amide bonds. The minimum Gasteiger partial charge on any atom is -0.381 e. The van der Waals surface area contributed by atoms with Crippen LogP contribution in [0.5, 0.6) is 0 Å². The lowest BCUT2D eigenvalue weighted by molar-refractivity contribution is 0.253. The molecule has 0 bridgehead atoms. The second-order valence-corrected chi connectivity index (χ2v) is 2.17. The van der Waals surface area contributed by atoms with Crippen molar-refractivity contribution in [2.24, 2.45) is 0 Å². The lowest BCUT2D eigenvalue weighted by Gasteiger charge is -1.89. The summed E-state index contributed by atoms with van der Waals surface area (Å²) >= 11 is 0. The first kappa shape index (κ1) is 8.62. The van der Waals surface area contributed by atoms with Crippen LogP contribution in [0.2, 0.25) is 0 Å². The van der Waals surface area contributed by atoms with Crippen LogP contribution in [-0.2, 0) is 0 Å². The Balaban J connectivity index is 2.79. The van der Waals surface area contributed by atoms with Crippen molar-refractivity contribution in [3.05, 3.63) is 24.0 Å². The van der Waals surface area contributed by atoms with Crippen LogP contribution < -0.4 is 0 Å². The van der Waals surface area contributed by atoms with E-state index < -0.39 is 11.9 Å². The van der Waals surface area contributed by atoms with Crippen molar-refractivity contribution in [2.45, 2.75) is 13.0 Å². The van der Waals surface area contributed by atoms with Crippen LogP contribution in [0.4, 0.5) is 4.39 Å². The Hall–Kier alpha value is -1.47. The van der Waals surface area contributed by atoms with Crippen LogP contribution in [0.1, 0.15) is 12.7 Å². The second-order valence-electron chi connectivity index (χ2n) is 2.17. The summed E-state index contributed by atoms with van der Waals surface area (Å²) in [7, 11) is 0. The molecule has 0 radical (unpaired) electrons. The molecule has 0 aliphatic rings. The Kier molecular flexibility index (Phi) is 2.72. The molecule has 1 aromatic heterocycles. The van der Waals surface area contributed by atoms with E-state index in [1.807, 2.05) is 0 Å². The zero-order valence-corrected chi connectivity index (χ0v) is 6.45. The van der Waals surface area contributed by atoms with E-state index >= 15 is 0 Å². The molecule has 1 aromatic rings. The predicted molar refractivity (Wildman–Crippen MR) is 40.5 cm³/mol. The first-order valence-corrected chi connectivity index (χ1v) is 3.35. The Morgan fingerprint density at radius 1 is 1.50 bits per heavy atom. The van der Waals surface area contributed by atoms with Crippen molar-refractivity contribution in [3.8, 4) is 11.8 Å². The molecule has 0 aromatic carbocycles. The molecule has 1 N–H and O–H groups in total. The van der Waals surface area contributed by atoms with Crippen molar-refractivity contribution in [2.75, 3.05) is 0 Å². The third kappa shape index (κ3) is 2.64. The van der Waals surface area contributed by atoms with Crippen LogP contribution in [0.25, 0.3) is 0 Å². The van der Waals surface area contributed by atoms with Crippen LogP contribution in [-0.4, -0.2) is 21.2 Å². The predicted octanol–water partition coefficient (Wildman–Crippen LogP) is 0.348. The molecule has 0 spiro atoms. The van der Waals surface area contributed by atoms with Crippen LogP contribution in [0.15, 0.2) is 12.4 Å². The largest absolute Gasteiger partial charge is 0.381 e. The fraction of sp³-hybridized carbons (Fsp3) is 0.250. The summed E-state index contributed by atoms with van der Waals surface area (Å²) in [6, 6.07) is 0. The van der Waals surface area contributed by atoms with Gasteiger partial charge in [-0.05, 0) is 12.8 Å². The van der Waals surface area contributed by atoms with Gasteiger partial charge >= 0.3 is 0 Å². The number of aliphatic hydroxyl groups is 1. The van der Waals surface area contributed by atoms with Gasteiger partial charge in [-0.1, -0.05) is 5.92 Å². The summed E-state index contributed by atoms with van der Waals surface area (Å²) in [6.07, 6.45) is 1.33. The summed E-state index contributed by atoms with van der Waals surface area (Å²) in [5, 5.41) is 8.77. The normalized spacial score (nSPS) is 11.6. The standard InChI is InChI=1S/C8H7FN2O/c1-6(12)2-3-8-10-4-7(9)5-11-8/h4-6,12H,1H3/t6-/m1/s1. The van der Waals surface area contributed by atoms with Crippen molar-refractivity contribution >= 4 is 0 Å². The van der Waals surface area contributed by atoms with E-state index in [0.717, 1.165) is 12.4 Å². The summed E-state index contributed by atoms with van der Waals surface area (Å²) in [4.78, 5) is 7.16. The van der Waals surface area contributed by atoms with E-state index in [2.05, 4.69) is 21.8 Å². The number of aromatic nitrogens is 2. The molecule has 0 fully saturated rings. The van der Waals surface area contributed by atoms with Gasteiger partial charge in [-0.2, -0.15) is 0 Å². The Morgan fingerprint density at radius 3 is 2.58 bits per heavy atom. The zero-order chi connectivity index (χ0) is 8.97. The highest BCUT2D eigenvalue weighted by Gasteiger charge is 1.91. The van der Waals surface area contributed by atoms with E-state index in [1.54, 1.807) is 0 Å². The molecule has 1 heterocycles. The fourth-order valence-corrected chi connectivity index (χ4v) is 0.546. The molecule has 0 unspecified atom stereocenters. The number of halogens is 1. The molecular formula is C8H7FN2O. The molecule has 0 aliphatic carbocycles. The zero-order valence-electron chi connectivity index (χ0n) is 6.45. The Morgan fingerprint density at radius 2 is 2.08 bits per heavy atom. The summed E-state index contributed by atoms with van der Waals surface area (Å²) in [5.41, 5.74) is 0. The molecule has 0 saturated carbocycles. The molecule has 0 aliphatic heterocycles. The Labute approximate surface area is 69.3 Å². The number of nitrogens with zero attached hydrogens (tertiary/aromatic N) is 2. The topological polar surface area (TPSA) is 46.0 Å². The highest BCUT2D eigenvalue weighted by molar-refractivity contribution is 5.21. The molecule has 1 rings (SSSR count). The van der Waals surface area contributed by atoms with Crippen molar-refractivity contribution in [1.82, 2.24) is 9.97 Å². The van der Waals surface area contributed by atoms with Gasteiger partial charge in [0.15, 0.2) is 5.82 Å². The number of hydrogen-bond acceptors (Lipinski definition) is 3. The SMILES string of the molecule is C[C@@H](O)C#Cc1ncc(F)cn1. The van der Waals surface area contributed by atoms with E-state index in [-0.39, 0.29) is 5.82 Å². The highest BCUT2D eigenvalue weighted by Crippen LogP contribution is 1.90. The molecule has 3 nitrogen and oxygen atoms in total. The summed E-state index contributed by atoms with van der Waals surface area (Å²) in [6.45, 7) is 1.52. The van der Waals surface area contributed by atoms with E-state index in [0.29, 0.717) is 0 Å². The number of hydrogen-bond donors (Lipinski definition) is 1. The minimum atomic E-state index is -0.723. The first-order valence-electron chi connectivity index (χ1n) is 3.35. The van der Waals surface area contributed by atoms with E-state index in [4.69, 9.17) is 5.11 Å². The summed E-state index contributed by atoms with van der Waals surface area (Å²) < 4.78 is 12.3. The van der Waals surface area contributed by atoms with E-state index in [9.17, 15) is 4.39 Å². The maximum Gasteiger partial charge on any atom is 0.205 e. The van der Waals surface area contributed by atoms with Crippen molar-refractivity contribution in [1.29, 1.82) is 0 Å². The van der Waals surface area contributed by atoms with Crippen LogP contribution in [0, 0.1) is 17.7 Å². The quantitative estimate of drug-likeness (QED) is 0.565. The average Bonchev–Trinajstić information content (AvgIpc) is 2.03. The van der Waals surface area contributed by atoms with Crippen molar-refractivity contribution in [3.63, 3.8) is 0 Å². The molecule has 4 heteroatoms. The smallest absolute Gasteiger partial charge is 0.205 e. The average molecular weight is 166 g/mol. The van der Waals surface area contributed by atoms with E-state index in [1.165, 1.54) is 6.92 Å². The molecule has 1 atom stereocenters. The first-order chi connectivity index (χ1) is 5.68. The third-order valence-corrected chi connectivity index (χ3v) is 1.01. The van der Waals surface area contributed by atoms with Gasteiger partial charge in [-0.25, -0.2) is 14.4 Å². The maximum absolute atomic E-state index is 12.3.